The van der Waals surface area contributed by atoms with Crippen LogP contribution in [0.2, 0.25) is 0 Å². The average molecular weight is 268 g/mol. The van der Waals surface area contributed by atoms with E-state index in [1.165, 1.54) is 35.7 Å². The van der Waals surface area contributed by atoms with Gasteiger partial charge in [-0.05, 0) is 43.5 Å². The van der Waals surface area contributed by atoms with Gasteiger partial charge in [-0.15, -0.1) is 0 Å². The van der Waals surface area contributed by atoms with E-state index in [4.69, 9.17) is 0 Å². The fourth-order valence-corrected chi connectivity index (χ4v) is 2.43. The zero-order valence-electron chi connectivity index (χ0n) is 9.17. The van der Waals surface area contributed by atoms with Crippen LogP contribution in [0, 0.1) is 5.92 Å². The van der Waals surface area contributed by atoms with Gasteiger partial charge in [0.2, 0.25) is 0 Å². The number of nitrogens with one attached hydrogen (secondary N) is 1. The fourth-order valence-electron chi connectivity index (χ4n) is 2.01. The first-order valence-corrected chi connectivity index (χ1v) is 6.51. The van der Waals surface area contributed by atoms with Crippen molar-refractivity contribution in [1.82, 2.24) is 5.32 Å². The van der Waals surface area contributed by atoms with Crippen LogP contribution in [-0.4, -0.2) is 7.05 Å². The summed E-state index contributed by atoms with van der Waals surface area (Å²) < 4.78 is 1.17. The van der Waals surface area contributed by atoms with Crippen LogP contribution in [0.5, 0.6) is 0 Å². The molecule has 82 valence electrons. The van der Waals surface area contributed by atoms with Crippen LogP contribution >= 0.6 is 15.9 Å². The van der Waals surface area contributed by atoms with Gasteiger partial charge in [0.1, 0.15) is 0 Å². The van der Waals surface area contributed by atoms with Crippen molar-refractivity contribution in [3.05, 3.63) is 34.3 Å². The van der Waals surface area contributed by atoms with Crippen molar-refractivity contribution < 1.29 is 0 Å². The van der Waals surface area contributed by atoms with Crippen molar-refractivity contribution >= 4 is 15.9 Å². The first kappa shape index (κ1) is 11.2. The van der Waals surface area contributed by atoms with Gasteiger partial charge in [0.25, 0.3) is 0 Å². The number of rotatable bonds is 5. The maximum absolute atomic E-state index is 3.52. The molecule has 15 heavy (non-hydrogen) atoms. The largest absolute Gasteiger partial charge is 0.313 e. The van der Waals surface area contributed by atoms with E-state index in [-0.39, 0.29) is 0 Å². The zero-order valence-corrected chi connectivity index (χ0v) is 10.8. The first-order valence-electron chi connectivity index (χ1n) is 5.72. The van der Waals surface area contributed by atoms with Crippen molar-refractivity contribution in [2.24, 2.45) is 5.92 Å². The standard InChI is InChI=1S/C13H18BrN/c1-15-13(8-7-10-5-6-10)11-3-2-4-12(14)9-11/h2-4,9-10,13,15H,5-8H2,1H3. The minimum atomic E-state index is 0.517. The quantitative estimate of drug-likeness (QED) is 0.854. The summed E-state index contributed by atoms with van der Waals surface area (Å²) in [5.74, 6) is 1.02. The highest BCUT2D eigenvalue weighted by Gasteiger charge is 2.22. The van der Waals surface area contributed by atoms with Crippen LogP contribution in [-0.2, 0) is 0 Å². The molecule has 0 amide bonds. The minimum absolute atomic E-state index is 0.517. The Labute approximate surface area is 100 Å². The normalized spacial score (nSPS) is 17.7. The molecular weight excluding hydrogens is 250 g/mol. The molecule has 0 spiro atoms. The van der Waals surface area contributed by atoms with Gasteiger partial charge in [0.05, 0.1) is 0 Å². The van der Waals surface area contributed by atoms with Crippen molar-refractivity contribution in [1.29, 1.82) is 0 Å². The third-order valence-electron chi connectivity index (χ3n) is 3.16. The molecule has 1 atom stereocenters. The van der Waals surface area contributed by atoms with Gasteiger partial charge < -0.3 is 5.32 Å². The molecule has 0 bridgehead atoms. The summed E-state index contributed by atoms with van der Waals surface area (Å²) in [5.41, 5.74) is 1.40. The summed E-state index contributed by atoms with van der Waals surface area (Å²) in [6, 6.07) is 9.13. The lowest BCUT2D eigenvalue weighted by Crippen LogP contribution is -2.16. The first-order chi connectivity index (χ1) is 7.29. The van der Waals surface area contributed by atoms with Crippen LogP contribution in [0.4, 0.5) is 0 Å². The Hall–Kier alpha value is -0.340. The lowest BCUT2D eigenvalue weighted by atomic mass is 10.0. The van der Waals surface area contributed by atoms with Crippen molar-refractivity contribution in [2.45, 2.75) is 31.7 Å². The van der Waals surface area contributed by atoms with Gasteiger partial charge in [-0.2, -0.15) is 0 Å². The van der Waals surface area contributed by atoms with Gasteiger partial charge in [-0.1, -0.05) is 40.9 Å². The number of benzene rings is 1. The summed E-state index contributed by atoms with van der Waals surface area (Å²) in [7, 11) is 2.05. The minimum Gasteiger partial charge on any atom is -0.313 e. The summed E-state index contributed by atoms with van der Waals surface area (Å²) in [6.07, 6.45) is 5.54. The monoisotopic (exact) mass is 267 g/mol. The maximum Gasteiger partial charge on any atom is 0.0318 e. The predicted molar refractivity (Wildman–Crippen MR) is 67.9 cm³/mol. The number of halogens is 1. The molecule has 0 heterocycles. The van der Waals surface area contributed by atoms with Gasteiger partial charge in [0, 0.05) is 10.5 Å². The van der Waals surface area contributed by atoms with Crippen molar-refractivity contribution in [2.75, 3.05) is 7.05 Å². The van der Waals surface area contributed by atoms with Crippen LogP contribution in [0.3, 0.4) is 0 Å². The van der Waals surface area contributed by atoms with Crippen molar-refractivity contribution in [3.8, 4) is 0 Å². The van der Waals surface area contributed by atoms with Gasteiger partial charge in [0.15, 0.2) is 0 Å². The maximum atomic E-state index is 3.52. The molecule has 1 nitrogen and oxygen atoms in total. The third-order valence-corrected chi connectivity index (χ3v) is 3.65. The summed E-state index contributed by atoms with van der Waals surface area (Å²) in [5, 5.41) is 3.41. The second-order valence-electron chi connectivity index (χ2n) is 4.42. The third kappa shape index (κ3) is 3.32. The van der Waals surface area contributed by atoms with E-state index in [1.807, 2.05) is 0 Å². The highest BCUT2D eigenvalue weighted by molar-refractivity contribution is 9.10. The second-order valence-corrected chi connectivity index (χ2v) is 5.33. The Morgan fingerprint density at radius 1 is 1.47 bits per heavy atom. The molecular formula is C13H18BrN. The molecule has 1 unspecified atom stereocenters. The van der Waals surface area contributed by atoms with Crippen LogP contribution in [0.15, 0.2) is 28.7 Å². The van der Waals surface area contributed by atoms with E-state index in [9.17, 15) is 0 Å². The molecule has 1 saturated carbocycles. The highest BCUT2D eigenvalue weighted by atomic mass is 79.9. The molecule has 1 N–H and O–H groups in total. The predicted octanol–water partition coefficient (Wildman–Crippen LogP) is 3.90. The molecule has 0 aromatic heterocycles. The summed E-state index contributed by atoms with van der Waals surface area (Å²) in [4.78, 5) is 0. The van der Waals surface area contributed by atoms with E-state index >= 15 is 0 Å². The number of hydrogen-bond donors (Lipinski definition) is 1. The van der Waals surface area contributed by atoms with E-state index in [0.29, 0.717) is 6.04 Å². The summed E-state index contributed by atoms with van der Waals surface area (Å²) >= 11 is 3.52. The second kappa shape index (κ2) is 5.13. The molecule has 2 heteroatoms. The molecule has 1 aliphatic carbocycles. The number of hydrogen-bond acceptors (Lipinski definition) is 1. The molecule has 2 rings (SSSR count). The Bertz CT molecular complexity index is 320. The van der Waals surface area contributed by atoms with Gasteiger partial charge >= 0.3 is 0 Å². The van der Waals surface area contributed by atoms with Crippen LogP contribution in [0.1, 0.15) is 37.3 Å². The Morgan fingerprint density at radius 3 is 2.87 bits per heavy atom. The van der Waals surface area contributed by atoms with Gasteiger partial charge in [-0.25, -0.2) is 0 Å². The molecule has 1 aliphatic rings. The lowest BCUT2D eigenvalue weighted by molar-refractivity contribution is 0.506. The Morgan fingerprint density at radius 2 is 2.27 bits per heavy atom. The molecule has 1 aromatic carbocycles. The summed E-state index contributed by atoms with van der Waals surface area (Å²) in [6.45, 7) is 0. The zero-order chi connectivity index (χ0) is 10.7. The molecule has 0 aliphatic heterocycles. The van der Waals surface area contributed by atoms with Crippen LogP contribution < -0.4 is 5.32 Å². The Kier molecular flexibility index (Phi) is 3.81. The average Bonchev–Trinajstić information content (AvgIpc) is 3.03. The van der Waals surface area contributed by atoms with Crippen molar-refractivity contribution in [3.63, 3.8) is 0 Å². The SMILES string of the molecule is CNC(CCC1CC1)c1cccc(Br)c1. The fraction of sp³-hybridized carbons (Fsp3) is 0.538. The topological polar surface area (TPSA) is 12.0 Å². The van der Waals surface area contributed by atoms with Gasteiger partial charge in [-0.3, -0.25) is 0 Å². The van der Waals surface area contributed by atoms with E-state index in [1.54, 1.807) is 0 Å². The molecule has 0 radical (unpaired) electrons. The lowest BCUT2D eigenvalue weighted by Gasteiger charge is -2.16. The smallest absolute Gasteiger partial charge is 0.0318 e. The van der Waals surface area contributed by atoms with Crippen LogP contribution in [0.25, 0.3) is 0 Å². The molecule has 0 saturated heterocycles. The van der Waals surface area contributed by atoms with E-state index in [2.05, 4.69) is 52.6 Å². The van der Waals surface area contributed by atoms with E-state index < -0.39 is 0 Å². The van der Waals surface area contributed by atoms with E-state index in [0.717, 1.165) is 5.92 Å². The highest BCUT2D eigenvalue weighted by Crippen LogP contribution is 2.36. The Balaban J connectivity index is 1.97. The molecule has 1 fully saturated rings. The molecule has 1 aromatic rings.